The molecular weight excluding hydrogens is 598 g/mol. The minimum Gasteiger partial charge on any atom is -0.490 e. The van der Waals surface area contributed by atoms with E-state index in [0.29, 0.717) is 43.2 Å². The van der Waals surface area contributed by atoms with E-state index in [4.69, 9.17) is 18.9 Å². The number of anilines is 1. The van der Waals surface area contributed by atoms with Gasteiger partial charge in [-0.3, -0.25) is 14.5 Å². The Bertz CT molecular complexity index is 1350. The predicted molar refractivity (Wildman–Crippen MR) is 181 cm³/mol. The first-order valence-corrected chi connectivity index (χ1v) is 17.4. The maximum atomic E-state index is 14.4. The van der Waals surface area contributed by atoms with Gasteiger partial charge in [0.15, 0.2) is 11.5 Å². The number of aliphatic hydroxyl groups excluding tert-OH is 1. The van der Waals surface area contributed by atoms with E-state index in [1.807, 2.05) is 32.0 Å². The van der Waals surface area contributed by atoms with Gasteiger partial charge in [0.05, 0.1) is 30.4 Å². The zero-order chi connectivity index (χ0) is 33.3. The fourth-order valence-electron chi connectivity index (χ4n) is 6.79. The van der Waals surface area contributed by atoms with Crippen LogP contribution in [0.3, 0.4) is 0 Å². The van der Waals surface area contributed by atoms with Crippen molar-refractivity contribution in [2.24, 2.45) is 11.8 Å². The highest BCUT2D eigenvalue weighted by Gasteiger charge is 2.31. The van der Waals surface area contributed by atoms with Crippen molar-refractivity contribution >= 4 is 17.5 Å². The fourth-order valence-corrected chi connectivity index (χ4v) is 6.79. The van der Waals surface area contributed by atoms with E-state index in [2.05, 4.69) is 30.3 Å². The molecule has 0 bridgehead atoms. The highest BCUT2D eigenvalue weighted by atomic mass is 16.7. The number of nitrogens with one attached hydrogen (secondary N) is 1. The van der Waals surface area contributed by atoms with Crippen LogP contribution >= 0.6 is 0 Å². The van der Waals surface area contributed by atoms with Gasteiger partial charge in [0.25, 0.3) is 5.91 Å². The summed E-state index contributed by atoms with van der Waals surface area (Å²) in [6.07, 6.45) is 7.49. The predicted octanol–water partition coefficient (Wildman–Crippen LogP) is 5.86. The first kappa shape index (κ1) is 35.0. The van der Waals surface area contributed by atoms with Crippen molar-refractivity contribution in [3.05, 3.63) is 47.5 Å². The molecular formula is C37H53N3O7. The lowest BCUT2D eigenvalue weighted by atomic mass is 9.88. The van der Waals surface area contributed by atoms with Gasteiger partial charge in [0.2, 0.25) is 12.7 Å². The van der Waals surface area contributed by atoms with Crippen LogP contribution in [0.1, 0.15) is 88.1 Å². The summed E-state index contributed by atoms with van der Waals surface area (Å²) in [5.41, 5.74) is 2.09. The van der Waals surface area contributed by atoms with E-state index in [-0.39, 0.29) is 49.3 Å². The van der Waals surface area contributed by atoms with Gasteiger partial charge in [-0.05, 0) is 88.9 Å². The van der Waals surface area contributed by atoms with Gasteiger partial charge in [-0.25, -0.2) is 0 Å². The number of carbonyl (C=O) groups is 2. The Balaban J connectivity index is 1.36. The minimum atomic E-state index is -0.435. The molecule has 1 fully saturated rings. The maximum absolute atomic E-state index is 14.4. The highest BCUT2D eigenvalue weighted by molar-refractivity contribution is 6.00. The Morgan fingerprint density at radius 3 is 2.53 bits per heavy atom. The quantitative estimate of drug-likeness (QED) is 0.365. The van der Waals surface area contributed by atoms with Crippen LogP contribution in [-0.4, -0.2) is 85.1 Å². The molecule has 10 nitrogen and oxygen atoms in total. The molecule has 47 heavy (non-hydrogen) atoms. The summed E-state index contributed by atoms with van der Waals surface area (Å²) in [6, 6.07) is 11.0. The van der Waals surface area contributed by atoms with Gasteiger partial charge in [0.1, 0.15) is 5.75 Å². The molecule has 2 amide bonds. The van der Waals surface area contributed by atoms with Crippen molar-refractivity contribution in [2.45, 2.75) is 96.9 Å². The number of amides is 2. The average molecular weight is 652 g/mol. The van der Waals surface area contributed by atoms with Crippen LogP contribution in [0.4, 0.5) is 5.69 Å². The van der Waals surface area contributed by atoms with E-state index < -0.39 is 6.04 Å². The standard InChI is InChI=1S/C37H53N3O7/c1-25-20-40(26(2)23-41)37(43)31-19-30(38-36(42)29-11-6-5-7-12-29)14-16-32(31)47-27(3)10-8-9-17-44-35(25)22-39(4)21-28-13-15-33-34(18-28)46-24-45-33/h13-16,18-19,25-27,29,35,41H,5-12,17,20-24H2,1-4H3,(H,38,42)/t25-,26-,27+,35-/m0/s1. The number of ether oxygens (including phenoxy) is 4. The van der Waals surface area contributed by atoms with E-state index in [9.17, 15) is 14.7 Å². The second-order valence-electron chi connectivity index (χ2n) is 13.7. The Hall–Kier alpha value is -3.34. The average Bonchev–Trinajstić information content (AvgIpc) is 3.54. The third-order valence-corrected chi connectivity index (χ3v) is 9.68. The zero-order valence-corrected chi connectivity index (χ0v) is 28.5. The van der Waals surface area contributed by atoms with Crippen LogP contribution in [0.5, 0.6) is 17.2 Å². The first-order chi connectivity index (χ1) is 22.7. The molecule has 0 aromatic heterocycles. The monoisotopic (exact) mass is 651 g/mol. The number of benzene rings is 2. The number of rotatable bonds is 8. The number of nitrogens with zero attached hydrogens (tertiary/aromatic N) is 2. The minimum absolute atomic E-state index is 0.00346. The molecule has 10 heteroatoms. The van der Waals surface area contributed by atoms with Gasteiger partial charge in [-0.15, -0.1) is 0 Å². The number of hydrogen-bond donors (Lipinski definition) is 2. The van der Waals surface area contributed by atoms with E-state index in [0.717, 1.165) is 62.0 Å². The maximum Gasteiger partial charge on any atom is 0.258 e. The number of likely N-dealkylation sites (N-methyl/N-ethyl adjacent to an activating group) is 1. The van der Waals surface area contributed by atoms with Crippen molar-refractivity contribution < 1.29 is 33.6 Å². The van der Waals surface area contributed by atoms with E-state index >= 15 is 0 Å². The van der Waals surface area contributed by atoms with Crippen LogP contribution in [0.25, 0.3) is 0 Å². The van der Waals surface area contributed by atoms with Crippen LogP contribution < -0.4 is 19.5 Å². The number of fused-ring (bicyclic) bond motifs is 2. The summed E-state index contributed by atoms with van der Waals surface area (Å²) >= 11 is 0. The van der Waals surface area contributed by atoms with Gasteiger partial charge >= 0.3 is 0 Å². The molecule has 0 spiro atoms. The largest absolute Gasteiger partial charge is 0.490 e. The molecule has 2 aromatic carbocycles. The normalized spacial score (nSPS) is 23.5. The van der Waals surface area contributed by atoms with Crippen molar-refractivity contribution in [1.82, 2.24) is 9.80 Å². The van der Waals surface area contributed by atoms with Crippen LogP contribution in [0.15, 0.2) is 36.4 Å². The Morgan fingerprint density at radius 2 is 1.74 bits per heavy atom. The molecule has 1 aliphatic carbocycles. The molecule has 2 heterocycles. The number of hydrogen-bond acceptors (Lipinski definition) is 8. The summed E-state index contributed by atoms with van der Waals surface area (Å²) in [5, 5.41) is 13.3. The Morgan fingerprint density at radius 1 is 1.00 bits per heavy atom. The molecule has 5 rings (SSSR count). The summed E-state index contributed by atoms with van der Waals surface area (Å²) < 4.78 is 23.9. The molecule has 2 aliphatic heterocycles. The summed E-state index contributed by atoms with van der Waals surface area (Å²) in [5.74, 6) is 1.76. The number of carbonyl (C=O) groups excluding carboxylic acids is 2. The van der Waals surface area contributed by atoms with Crippen LogP contribution in [0.2, 0.25) is 0 Å². The fraction of sp³-hybridized carbons (Fsp3) is 0.622. The second-order valence-corrected chi connectivity index (χ2v) is 13.7. The van der Waals surface area contributed by atoms with E-state index in [1.165, 1.54) is 6.42 Å². The lowest BCUT2D eigenvalue weighted by molar-refractivity contribution is -0.120. The highest BCUT2D eigenvalue weighted by Crippen LogP contribution is 2.33. The third kappa shape index (κ3) is 9.39. The van der Waals surface area contributed by atoms with Gasteiger partial charge < -0.3 is 34.3 Å². The Kier molecular flexibility index (Phi) is 12.4. The first-order valence-electron chi connectivity index (χ1n) is 17.4. The van der Waals surface area contributed by atoms with E-state index in [1.54, 1.807) is 17.0 Å². The lowest BCUT2D eigenvalue weighted by Crippen LogP contribution is -2.47. The van der Waals surface area contributed by atoms with Crippen molar-refractivity contribution in [3.63, 3.8) is 0 Å². The molecule has 1 saturated carbocycles. The van der Waals surface area contributed by atoms with Crippen LogP contribution in [0, 0.1) is 11.8 Å². The van der Waals surface area contributed by atoms with Crippen molar-refractivity contribution in [3.8, 4) is 17.2 Å². The molecule has 0 radical (unpaired) electrons. The van der Waals surface area contributed by atoms with Gasteiger partial charge in [-0.1, -0.05) is 32.3 Å². The number of aliphatic hydroxyl groups is 1. The molecule has 3 aliphatic rings. The lowest BCUT2D eigenvalue weighted by Gasteiger charge is -2.36. The molecule has 0 unspecified atom stereocenters. The SMILES string of the molecule is C[C@@H]1CCCCO[C@@H](CN(C)Cc2ccc3c(c2)OCO3)[C@@H](C)CN([C@@H](C)CO)C(=O)c2cc(NC(=O)C3CCCCC3)ccc2O1. The zero-order valence-electron chi connectivity index (χ0n) is 28.5. The molecule has 4 atom stereocenters. The summed E-state index contributed by atoms with van der Waals surface area (Å²) in [7, 11) is 2.07. The van der Waals surface area contributed by atoms with Gasteiger partial charge in [-0.2, -0.15) is 0 Å². The molecule has 2 N–H and O–H groups in total. The van der Waals surface area contributed by atoms with Crippen LogP contribution in [-0.2, 0) is 16.1 Å². The Labute approximate surface area is 279 Å². The van der Waals surface area contributed by atoms with Gasteiger partial charge in [0, 0.05) is 43.8 Å². The smallest absolute Gasteiger partial charge is 0.258 e. The third-order valence-electron chi connectivity index (χ3n) is 9.68. The van der Waals surface area contributed by atoms with Crippen molar-refractivity contribution in [2.75, 3.05) is 45.5 Å². The summed E-state index contributed by atoms with van der Waals surface area (Å²) in [6.45, 7) is 8.41. The molecule has 258 valence electrons. The topological polar surface area (TPSA) is 110 Å². The second kappa shape index (κ2) is 16.7. The van der Waals surface area contributed by atoms with Crippen molar-refractivity contribution in [1.29, 1.82) is 0 Å². The summed E-state index contributed by atoms with van der Waals surface area (Å²) in [4.78, 5) is 31.5. The molecule has 2 aromatic rings. The molecule has 0 saturated heterocycles.